The molecule has 0 bridgehead atoms. The summed E-state index contributed by atoms with van der Waals surface area (Å²) in [5.41, 5.74) is 16.4. The van der Waals surface area contributed by atoms with Gasteiger partial charge in [0, 0.05) is 31.7 Å². The molecule has 1 aliphatic heterocycles. The van der Waals surface area contributed by atoms with Crippen molar-refractivity contribution in [1.29, 1.82) is 0 Å². The van der Waals surface area contributed by atoms with E-state index < -0.39 is 53.7 Å². The molecule has 10 heteroatoms. The van der Waals surface area contributed by atoms with E-state index in [1.165, 1.54) is 17.0 Å². The number of nitrogens with two attached hydrogens (primary N) is 2. The number of hydrogen-bond donors (Lipinski definition) is 5. The van der Waals surface area contributed by atoms with E-state index >= 15 is 0 Å². The number of nitrogens with zero attached hydrogens (tertiary/aromatic N) is 1. The van der Waals surface area contributed by atoms with E-state index in [-0.39, 0.29) is 31.6 Å². The topological polar surface area (TPSA) is 168 Å². The maximum atomic E-state index is 14.2. The van der Waals surface area contributed by atoms with E-state index in [1.54, 1.807) is 12.1 Å². The van der Waals surface area contributed by atoms with Crippen LogP contribution in [0.4, 0.5) is 0 Å². The average Bonchev–Trinajstić information content (AvgIpc) is 3.10. The monoisotopic (exact) mass is 647 g/mol. The van der Waals surface area contributed by atoms with Crippen molar-refractivity contribution in [3.8, 4) is 5.75 Å². The Morgan fingerprint density at radius 1 is 0.771 bits per heavy atom. The second kappa shape index (κ2) is 15.4. The summed E-state index contributed by atoms with van der Waals surface area (Å²) in [5.74, 6) is -2.51. The van der Waals surface area contributed by atoms with Crippen LogP contribution in [0.2, 0.25) is 0 Å². The van der Waals surface area contributed by atoms with Gasteiger partial charge in [-0.05, 0) is 39.9 Å². The number of rotatable bonds is 12. The van der Waals surface area contributed by atoms with Crippen LogP contribution in [0.1, 0.15) is 40.7 Å². The summed E-state index contributed by atoms with van der Waals surface area (Å²) in [4.78, 5) is 56.0. The van der Waals surface area contributed by atoms with E-state index in [2.05, 4.69) is 10.6 Å². The van der Waals surface area contributed by atoms with Gasteiger partial charge in [-0.1, -0.05) is 104 Å². The van der Waals surface area contributed by atoms with Crippen LogP contribution < -0.4 is 22.1 Å². The van der Waals surface area contributed by atoms with E-state index in [9.17, 15) is 24.3 Å². The van der Waals surface area contributed by atoms with E-state index in [0.29, 0.717) is 0 Å². The van der Waals surface area contributed by atoms with Gasteiger partial charge in [-0.15, -0.1) is 0 Å². The van der Waals surface area contributed by atoms with Crippen LogP contribution in [0.25, 0.3) is 0 Å². The lowest BCUT2D eigenvalue weighted by Gasteiger charge is -2.39. The summed E-state index contributed by atoms with van der Waals surface area (Å²) < 4.78 is 0. The van der Waals surface area contributed by atoms with Crippen molar-refractivity contribution in [2.75, 3.05) is 0 Å². The Balaban J connectivity index is 1.40. The molecule has 1 heterocycles. The van der Waals surface area contributed by atoms with E-state index in [1.807, 2.05) is 91.9 Å². The fraction of sp³-hybridized carbons (Fsp3) is 0.263. The second-order valence-corrected chi connectivity index (χ2v) is 12.3. The number of benzene rings is 4. The number of phenols is 1. The molecule has 0 saturated carbocycles. The summed E-state index contributed by atoms with van der Waals surface area (Å²) in [6, 6.07) is 28.5. The number of carbonyl (C=O) groups is 4. The molecule has 0 aromatic heterocycles. The lowest BCUT2D eigenvalue weighted by atomic mass is 9.89. The fourth-order valence-electron chi connectivity index (χ4n) is 6.05. The summed E-state index contributed by atoms with van der Waals surface area (Å²) in [5, 5.41) is 15.4. The van der Waals surface area contributed by atoms with Crippen LogP contribution >= 0.6 is 0 Å². The van der Waals surface area contributed by atoms with Gasteiger partial charge in [0.25, 0.3) is 0 Å². The van der Waals surface area contributed by atoms with Crippen LogP contribution in [0.3, 0.4) is 0 Å². The van der Waals surface area contributed by atoms with Crippen LogP contribution in [0.15, 0.2) is 109 Å². The number of fused-ring (bicyclic) bond motifs is 1. The highest BCUT2D eigenvalue weighted by atomic mass is 16.3. The Morgan fingerprint density at radius 3 is 1.90 bits per heavy atom. The third kappa shape index (κ3) is 8.26. The molecule has 5 atom stereocenters. The molecule has 0 radical (unpaired) electrons. The van der Waals surface area contributed by atoms with Crippen molar-refractivity contribution in [2.24, 2.45) is 11.5 Å². The SMILES string of the molecule is CC(c1ccc(O)cc1)C(N)C(=O)N1Cc2ccccc2CC1C(=O)NC(Cc1ccccc1)C(=O)NC(Cc1ccccc1)C(N)=O. The number of primary amides is 1. The molecule has 0 spiro atoms. The first kappa shape index (κ1) is 33.9. The molecule has 0 saturated heterocycles. The van der Waals surface area contributed by atoms with Crippen molar-refractivity contribution in [3.63, 3.8) is 0 Å². The van der Waals surface area contributed by atoms with Gasteiger partial charge in [0.2, 0.25) is 23.6 Å². The largest absolute Gasteiger partial charge is 0.508 e. The third-order valence-electron chi connectivity index (χ3n) is 8.94. The molecular weight excluding hydrogens is 606 g/mol. The molecule has 0 fully saturated rings. The standard InChI is InChI=1S/C38H41N5O5/c1-24(27-16-18-30(44)19-17-27)34(39)38(48)43-23-29-15-9-8-14-28(29)22-33(43)37(47)42-32(21-26-12-6-3-7-13-26)36(46)41-31(35(40)45)20-25-10-4-2-5-11-25/h2-19,24,31-34,44H,20-23,39H2,1H3,(H2,40,45)(H,41,46)(H,42,47). The molecule has 48 heavy (non-hydrogen) atoms. The summed E-state index contributed by atoms with van der Waals surface area (Å²) in [7, 11) is 0. The second-order valence-electron chi connectivity index (χ2n) is 12.3. The minimum atomic E-state index is -1.07. The van der Waals surface area contributed by atoms with Gasteiger partial charge in [0.05, 0.1) is 6.04 Å². The van der Waals surface area contributed by atoms with E-state index in [4.69, 9.17) is 11.5 Å². The smallest absolute Gasteiger partial charge is 0.243 e. The van der Waals surface area contributed by atoms with E-state index in [0.717, 1.165) is 27.8 Å². The molecule has 5 rings (SSSR count). The molecule has 248 valence electrons. The van der Waals surface area contributed by atoms with Gasteiger partial charge < -0.3 is 32.1 Å². The Bertz CT molecular complexity index is 1730. The number of hydrogen-bond acceptors (Lipinski definition) is 6. The first-order valence-electron chi connectivity index (χ1n) is 16.0. The zero-order chi connectivity index (χ0) is 34.2. The molecule has 4 aromatic rings. The zero-order valence-corrected chi connectivity index (χ0v) is 26.8. The Labute approximate surface area is 280 Å². The predicted octanol–water partition coefficient (Wildman–Crippen LogP) is 2.72. The first-order valence-corrected chi connectivity index (χ1v) is 16.0. The zero-order valence-electron chi connectivity index (χ0n) is 26.8. The van der Waals surface area contributed by atoms with Crippen LogP contribution in [-0.2, 0) is 45.0 Å². The van der Waals surface area contributed by atoms with Crippen molar-refractivity contribution in [1.82, 2.24) is 15.5 Å². The number of phenolic OH excluding ortho intramolecular Hbond substituents is 1. The van der Waals surface area contributed by atoms with Crippen molar-refractivity contribution >= 4 is 23.6 Å². The number of carbonyl (C=O) groups excluding carboxylic acids is 4. The maximum Gasteiger partial charge on any atom is 0.243 e. The van der Waals surface area contributed by atoms with Crippen molar-refractivity contribution in [3.05, 3.63) is 137 Å². The predicted molar refractivity (Wildman–Crippen MR) is 182 cm³/mol. The highest BCUT2D eigenvalue weighted by Gasteiger charge is 2.39. The number of nitrogens with one attached hydrogen (secondary N) is 2. The number of amides is 4. The van der Waals surface area contributed by atoms with Gasteiger partial charge in [-0.3, -0.25) is 19.2 Å². The van der Waals surface area contributed by atoms with Gasteiger partial charge in [-0.2, -0.15) is 0 Å². The lowest BCUT2D eigenvalue weighted by molar-refractivity contribution is -0.144. The lowest BCUT2D eigenvalue weighted by Crippen LogP contribution is -2.60. The van der Waals surface area contributed by atoms with Crippen LogP contribution in [0, 0.1) is 0 Å². The van der Waals surface area contributed by atoms with Crippen molar-refractivity contribution < 1.29 is 24.3 Å². The normalized spacial score (nSPS) is 16.5. The molecule has 0 aliphatic carbocycles. The maximum absolute atomic E-state index is 14.2. The quantitative estimate of drug-likeness (QED) is 0.159. The molecule has 1 aliphatic rings. The fourth-order valence-corrected chi connectivity index (χ4v) is 6.05. The number of aromatic hydroxyl groups is 1. The minimum Gasteiger partial charge on any atom is -0.508 e. The minimum absolute atomic E-state index is 0.103. The highest BCUT2D eigenvalue weighted by molar-refractivity contribution is 5.95. The molecular formula is C38H41N5O5. The Hall–Kier alpha value is -5.48. The Kier molecular flexibility index (Phi) is 10.9. The van der Waals surface area contributed by atoms with Crippen molar-refractivity contribution in [2.45, 2.75) is 62.8 Å². The van der Waals surface area contributed by atoms with Crippen LogP contribution in [-0.4, -0.2) is 57.8 Å². The molecule has 5 unspecified atom stereocenters. The van der Waals surface area contributed by atoms with Gasteiger partial charge in [0.15, 0.2) is 0 Å². The van der Waals surface area contributed by atoms with Gasteiger partial charge >= 0.3 is 0 Å². The molecule has 4 amide bonds. The summed E-state index contributed by atoms with van der Waals surface area (Å²) in [6.07, 6.45) is 0.558. The van der Waals surface area contributed by atoms with Gasteiger partial charge in [0.1, 0.15) is 23.9 Å². The molecule has 10 nitrogen and oxygen atoms in total. The van der Waals surface area contributed by atoms with Crippen LogP contribution in [0.5, 0.6) is 5.75 Å². The summed E-state index contributed by atoms with van der Waals surface area (Å²) in [6.45, 7) is 1.99. The molecule has 4 aromatic carbocycles. The first-order chi connectivity index (χ1) is 23.1. The highest BCUT2D eigenvalue weighted by Crippen LogP contribution is 2.28. The third-order valence-corrected chi connectivity index (χ3v) is 8.94. The Morgan fingerprint density at radius 2 is 1.31 bits per heavy atom. The molecule has 7 N–H and O–H groups in total. The van der Waals surface area contributed by atoms with Gasteiger partial charge in [-0.25, -0.2) is 0 Å². The average molecular weight is 648 g/mol. The summed E-state index contributed by atoms with van der Waals surface area (Å²) >= 11 is 0.